The molecule has 0 fully saturated rings. The first-order chi connectivity index (χ1) is 14.0. The fourth-order valence-electron chi connectivity index (χ4n) is 2.61. The van der Waals surface area contributed by atoms with E-state index in [0.29, 0.717) is 5.56 Å². The van der Waals surface area contributed by atoms with Gasteiger partial charge in [0, 0.05) is 12.3 Å². The number of nitrogens with two attached hydrogens (primary N) is 1. The maximum absolute atomic E-state index is 13.4. The van der Waals surface area contributed by atoms with Crippen molar-refractivity contribution in [3.8, 4) is 5.75 Å². The van der Waals surface area contributed by atoms with Crippen molar-refractivity contribution >= 4 is 27.7 Å². The summed E-state index contributed by atoms with van der Waals surface area (Å²) >= 11 is 0. The number of halogens is 1. The van der Waals surface area contributed by atoms with Crippen LogP contribution in [0.4, 0.5) is 4.39 Å². The largest absolute Gasteiger partial charge is 0.507 e. The fourth-order valence-corrected chi connectivity index (χ4v) is 3.24. The standard InChI is InChI=1S/C20H21FN2O6S/c1-30(28,29)14-6-4-13(5-7-14)19(26)16(11-21)23-18(25)9-3-12-2-8-15(20(22)27)17(24)10-12/h2-10,16,19,24,26H,11H2,1H3,(H2,22,27)(H,23,25)/b9-3+/t16-,19-/m1/s1. The second-order valence-corrected chi connectivity index (χ2v) is 8.55. The SMILES string of the molecule is CS(=O)(=O)c1ccc([C@@H](O)[C@@H](CF)NC(=O)/C=C/c2ccc(C(N)=O)c(O)c2)cc1. The molecule has 30 heavy (non-hydrogen) atoms. The van der Waals surface area contributed by atoms with Gasteiger partial charge in [-0.15, -0.1) is 0 Å². The molecule has 160 valence electrons. The topological polar surface area (TPSA) is 147 Å². The van der Waals surface area contributed by atoms with Gasteiger partial charge in [-0.2, -0.15) is 0 Å². The molecule has 0 aromatic heterocycles. The van der Waals surface area contributed by atoms with E-state index in [1.54, 1.807) is 0 Å². The molecule has 0 radical (unpaired) electrons. The smallest absolute Gasteiger partial charge is 0.252 e. The number of hydrogen-bond donors (Lipinski definition) is 4. The van der Waals surface area contributed by atoms with Gasteiger partial charge in [0.05, 0.1) is 16.5 Å². The molecular weight excluding hydrogens is 415 g/mol. The lowest BCUT2D eigenvalue weighted by Crippen LogP contribution is -2.40. The minimum Gasteiger partial charge on any atom is -0.507 e. The minimum absolute atomic E-state index is 0.0489. The zero-order valence-electron chi connectivity index (χ0n) is 15.9. The average Bonchev–Trinajstić information content (AvgIpc) is 2.69. The summed E-state index contributed by atoms with van der Waals surface area (Å²) in [5.74, 6) is -1.85. The fraction of sp³-hybridized carbons (Fsp3) is 0.200. The Balaban J connectivity index is 2.07. The van der Waals surface area contributed by atoms with Crippen LogP contribution in [0.25, 0.3) is 6.08 Å². The van der Waals surface area contributed by atoms with E-state index in [2.05, 4.69) is 5.32 Å². The molecule has 0 aliphatic rings. The number of primary amides is 1. The number of benzene rings is 2. The number of carbonyl (C=O) groups excluding carboxylic acids is 2. The summed E-state index contributed by atoms with van der Waals surface area (Å²) < 4.78 is 36.4. The van der Waals surface area contributed by atoms with Crippen molar-refractivity contribution in [1.29, 1.82) is 0 Å². The zero-order valence-corrected chi connectivity index (χ0v) is 16.8. The molecule has 0 spiro atoms. The molecule has 2 atom stereocenters. The molecule has 0 aliphatic carbocycles. The number of phenols is 1. The number of carbonyl (C=O) groups is 2. The highest BCUT2D eigenvalue weighted by Gasteiger charge is 2.22. The monoisotopic (exact) mass is 436 g/mol. The lowest BCUT2D eigenvalue weighted by molar-refractivity contribution is -0.118. The van der Waals surface area contributed by atoms with Crippen molar-refractivity contribution in [2.75, 3.05) is 12.9 Å². The minimum atomic E-state index is -3.41. The average molecular weight is 436 g/mol. The summed E-state index contributed by atoms with van der Waals surface area (Å²) in [4.78, 5) is 23.2. The molecule has 8 nitrogen and oxygen atoms in total. The number of nitrogens with one attached hydrogen (secondary N) is 1. The highest BCUT2D eigenvalue weighted by atomic mass is 32.2. The number of rotatable bonds is 8. The third-order valence-electron chi connectivity index (χ3n) is 4.24. The van der Waals surface area contributed by atoms with Gasteiger partial charge in [-0.25, -0.2) is 12.8 Å². The lowest BCUT2D eigenvalue weighted by Gasteiger charge is -2.21. The van der Waals surface area contributed by atoms with Crippen molar-refractivity contribution in [2.45, 2.75) is 17.0 Å². The van der Waals surface area contributed by atoms with E-state index in [1.807, 2.05) is 0 Å². The van der Waals surface area contributed by atoms with E-state index in [4.69, 9.17) is 5.73 Å². The molecule has 0 saturated carbocycles. The van der Waals surface area contributed by atoms with E-state index in [0.717, 1.165) is 12.3 Å². The number of sulfone groups is 1. The second kappa shape index (κ2) is 9.51. The van der Waals surface area contributed by atoms with Gasteiger partial charge in [-0.3, -0.25) is 9.59 Å². The van der Waals surface area contributed by atoms with Crippen LogP contribution in [-0.4, -0.2) is 49.4 Å². The molecule has 2 amide bonds. The van der Waals surface area contributed by atoms with E-state index in [-0.39, 0.29) is 21.8 Å². The summed E-state index contributed by atoms with van der Waals surface area (Å²) in [6.45, 7) is -1.07. The Morgan fingerprint density at radius 2 is 1.83 bits per heavy atom. The van der Waals surface area contributed by atoms with Crippen molar-refractivity contribution < 1.29 is 32.6 Å². The van der Waals surface area contributed by atoms with Gasteiger partial charge in [0.2, 0.25) is 5.91 Å². The lowest BCUT2D eigenvalue weighted by atomic mass is 10.0. The molecule has 10 heteroatoms. The first kappa shape index (κ1) is 23.0. The van der Waals surface area contributed by atoms with Crippen LogP contribution in [0, 0.1) is 0 Å². The van der Waals surface area contributed by atoms with Gasteiger partial charge in [0.1, 0.15) is 18.5 Å². The summed E-state index contributed by atoms with van der Waals surface area (Å²) in [5, 5.41) is 22.4. The number of hydrogen-bond acceptors (Lipinski definition) is 6. The van der Waals surface area contributed by atoms with E-state index < -0.39 is 40.5 Å². The number of amides is 2. The molecule has 2 rings (SSSR count). The quantitative estimate of drug-likeness (QED) is 0.456. The first-order valence-corrected chi connectivity index (χ1v) is 10.6. The van der Waals surface area contributed by atoms with Gasteiger partial charge >= 0.3 is 0 Å². The van der Waals surface area contributed by atoms with Crippen LogP contribution in [0.15, 0.2) is 53.4 Å². The molecule has 0 saturated heterocycles. The zero-order chi connectivity index (χ0) is 22.5. The van der Waals surface area contributed by atoms with E-state index in [9.17, 15) is 32.6 Å². The van der Waals surface area contributed by atoms with Gasteiger partial charge < -0.3 is 21.3 Å². The van der Waals surface area contributed by atoms with Crippen LogP contribution in [-0.2, 0) is 14.6 Å². The van der Waals surface area contributed by atoms with Crippen LogP contribution < -0.4 is 11.1 Å². The van der Waals surface area contributed by atoms with Gasteiger partial charge in [0.25, 0.3) is 5.91 Å². The van der Waals surface area contributed by atoms with Crippen molar-refractivity contribution in [3.63, 3.8) is 0 Å². The molecule has 0 heterocycles. The van der Waals surface area contributed by atoms with E-state index in [1.165, 1.54) is 48.5 Å². The molecule has 0 bridgehead atoms. The maximum atomic E-state index is 13.4. The second-order valence-electron chi connectivity index (χ2n) is 6.53. The Bertz CT molecular complexity index is 1070. The molecule has 2 aromatic carbocycles. The van der Waals surface area contributed by atoms with Crippen LogP contribution in [0.2, 0.25) is 0 Å². The van der Waals surface area contributed by atoms with Crippen LogP contribution in [0.5, 0.6) is 5.75 Å². The summed E-state index contributed by atoms with van der Waals surface area (Å²) in [6.07, 6.45) is 2.03. The highest BCUT2D eigenvalue weighted by molar-refractivity contribution is 7.90. The summed E-state index contributed by atoms with van der Waals surface area (Å²) in [7, 11) is -3.41. The third kappa shape index (κ3) is 5.88. The molecule has 5 N–H and O–H groups in total. The van der Waals surface area contributed by atoms with E-state index >= 15 is 0 Å². The highest BCUT2D eigenvalue weighted by Crippen LogP contribution is 2.21. The number of alkyl halides is 1. The number of aliphatic hydroxyl groups excluding tert-OH is 1. The number of aromatic hydroxyl groups is 1. The van der Waals surface area contributed by atoms with Gasteiger partial charge in [-0.1, -0.05) is 18.2 Å². The van der Waals surface area contributed by atoms with Crippen LogP contribution in [0.3, 0.4) is 0 Å². The Kier molecular flexibility index (Phi) is 7.30. The third-order valence-corrected chi connectivity index (χ3v) is 5.37. The molecule has 0 aliphatic heterocycles. The molecular formula is C20H21FN2O6S. The van der Waals surface area contributed by atoms with Crippen LogP contribution >= 0.6 is 0 Å². The first-order valence-electron chi connectivity index (χ1n) is 8.68. The van der Waals surface area contributed by atoms with Gasteiger partial charge in [-0.05, 0) is 41.5 Å². The maximum Gasteiger partial charge on any atom is 0.252 e. The van der Waals surface area contributed by atoms with Crippen LogP contribution in [0.1, 0.15) is 27.6 Å². The summed E-state index contributed by atoms with van der Waals surface area (Å²) in [5.41, 5.74) is 5.65. The predicted octanol–water partition coefficient (Wildman–Crippen LogP) is 1.10. The Morgan fingerprint density at radius 3 is 2.33 bits per heavy atom. The Labute approximate surface area is 172 Å². The van der Waals surface area contributed by atoms with Gasteiger partial charge in [0.15, 0.2) is 9.84 Å². The molecule has 0 unspecified atom stereocenters. The van der Waals surface area contributed by atoms with Crippen molar-refractivity contribution in [2.24, 2.45) is 5.73 Å². The van der Waals surface area contributed by atoms with Crippen molar-refractivity contribution in [3.05, 3.63) is 65.2 Å². The number of aliphatic hydroxyl groups is 1. The molecule has 2 aromatic rings. The Morgan fingerprint density at radius 1 is 1.20 bits per heavy atom. The van der Waals surface area contributed by atoms with Crippen molar-refractivity contribution in [1.82, 2.24) is 5.32 Å². The Hall–Kier alpha value is -3.24. The normalized spacial score (nSPS) is 13.7. The predicted molar refractivity (Wildman–Crippen MR) is 108 cm³/mol. The summed E-state index contributed by atoms with van der Waals surface area (Å²) in [6, 6.07) is 7.97.